The lowest BCUT2D eigenvalue weighted by Gasteiger charge is -2.27. The van der Waals surface area contributed by atoms with Gasteiger partial charge in [-0.1, -0.05) is 54.6 Å². The number of nitrogens with one attached hydrogen (secondary N) is 2. The van der Waals surface area contributed by atoms with E-state index in [1.165, 1.54) is 11.1 Å². The fraction of sp³-hybridized carbons (Fsp3) is 0.333. The molecule has 0 amide bonds. The van der Waals surface area contributed by atoms with Gasteiger partial charge >= 0.3 is 0 Å². The molecule has 1 fully saturated rings. The van der Waals surface area contributed by atoms with Gasteiger partial charge in [-0.15, -0.1) is 11.3 Å². The summed E-state index contributed by atoms with van der Waals surface area (Å²) >= 11 is 1.67. The second-order valence-corrected chi connectivity index (χ2v) is 8.30. The highest BCUT2D eigenvalue weighted by molar-refractivity contribution is 7.13. The van der Waals surface area contributed by atoms with E-state index in [4.69, 9.17) is 9.72 Å². The molecule has 6 nitrogen and oxygen atoms in total. The van der Waals surface area contributed by atoms with E-state index in [0.29, 0.717) is 6.54 Å². The Hall–Kier alpha value is -2.74. The fourth-order valence-corrected chi connectivity index (χ4v) is 4.39. The number of rotatable bonds is 7. The van der Waals surface area contributed by atoms with Crippen LogP contribution in [0.3, 0.4) is 0 Å². The third-order valence-electron chi connectivity index (χ3n) is 5.30. The molecule has 0 saturated carbocycles. The van der Waals surface area contributed by atoms with Gasteiger partial charge in [-0.2, -0.15) is 0 Å². The highest BCUT2D eigenvalue weighted by atomic mass is 32.1. The molecule has 1 saturated heterocycles. The first-order chi connectivity index (χ1) is 15.3. The quantitative estimate of drug-likeness (QED) is 0.439. The highest BCUT2D eigenvalue weighted by Crippen LogP contribution is 2.23. The Balaban J connectivity index is 1.31. The molecule has 2 heterocycles. The van der Waals surface area contributed by atoms with Gasteiger partial charge in [0.05, 0.1) is 25.5 Å². The van der Waals surface area contributed by atoms with Gasteiger partial charge in [-0.25, -0.2) is 4.98 Å². The Bertz CT molecular complexity index is 982. The van der Waals surface area contributed by atoms with E-state index in [-0.39, 0.29) is 0 Å². The Labute approximate surface area is 188 Å². The molecule has 0 radical (unpaired) electrons. The molecule has 2 N–H and O–H groups in total. The van der Waals surface area contributed by atoms with E-state index < -0.39 is 0 Å². The van der Waals surface area contributed by atoms with Crippen LogP contribution in [0, 0.1) is 0 Å². The lowest BCUT2D eigenvalue weighted by atomic mass is 10.1. The molecule has 0 unspecified atom stereocenters. The van der Waals surface area contributed by atoms with Crippen molar-refractivity contribution < 1.29 is 4.74 Å². The molecule has 31 heavy (non-hydrogen) atoms. The van der Waals surface area contributed by atoms with E-state index in [2.05, 4.69) is 62.3 Å². The summed E-state index contributed by atoms with van der Waals surface area (Å²) in [6.07, 6.45) is 0. The van der Waals surface area contributed by atoms with Crippen LogP contribution in [0.4, 0.5) is 0 Å². The third kappa shape index (κ3) is 6.13. The number of guanidine groups is 1. The number of aliphatic imine (C=N–C) groups is 1. The minimum atomic E-state index is 0.637. The third-order valence-corrected chi connectivity index (χ3v) is 6.24. The van der Waals surface area contributed by atoms with E-state index in [1.807, 2.05) is 18.2 Å². The second kappa shape index (κ2) is 11.0. The molecular weight excluding hydrogens is 406 g/mol. The van der Waals surface area contributed by atoms with E-state index in [1.54, 1.807) is 18.4 Å². The molecule has 1 aliphatic heterocycles. The Morgan fingerprint density at radius 1 is 1.00 bits per heavy atom. The molecule has 2 aromatic carbocycles. The Morgan fingerprint density at radius 3 is 2.48 bits per heavy atom. The number of nitrogens with zero attached hydrogens (tertiary/aromatic N) is 3. The normalized spacial score (nSPS) is 15.1. The number of benzene rings is 2. The van der Waals surface area contributed by atoms with Crippen LogP contribution < -0.4 is 10.6 Å². The van der Waals surface area contributed by atoms with Gasteiger partial charge in [0.2, 0.25) is 0 Å². The van der Waals surface area contributed by atoms with Crippen molar-refractivity contribution in [3.63, 3.8) is 0 Å². The second-order valence-electron chi connectivity index (χ2n) is 7.45. The first-order valence-corrected chi connectivity index (χ1v) is 11.5. The van der Waals surface area contributed by atoms with Gasteiger partial charge in [-0.3, -0.25) is 9.89 Å². The van der Waals surface area contributed by atoms with Crippen molar-refractivity contribution in [2.24, 2.45) is 4.99 Å². The van der Waals surface area contributed by atoms with Crippen molar-refractivity contribution in [3.05, 3.63) is 76.8 Å². The maximum Gasteiger partial charge on any atom is 0.191 e. The highest BCUT2D eigenvalue weighted by Gasteiger charge is 2.13. The molecule has 1 aromatic heterocycles. The first kappa shape index (κ1) is 21.5. The average Bonchev–Trinajstić information content (AvgIpc) is 3.30. The van der Waals surface area contributed by atoms with Crippen molar-refractivity contribution in [1.29, 1.82) is 0 Å². The predicted molar refractivity (Wildman–Crippen MR) is 127 cm³/mol. The SMILES string of the molecule is CN=C(NCc1csc(-c2ccccc2)n1)NCc1ccccc1CN1CCOCC1. The summed E-state index contributed by atoms with van der Waals surface area (Å²) in [5.41, 5.74) is 4.80. The molecule has 0 spiro atoms. The van der Waals surface area contributed by atoms with Crippen LogP contribution in [-0.4, -0.2) is 49.2 Å². The number of thiazole rings is 1. The molecule has 1 aliphatic rings. The summed E-state index contributed by atoms with van der Waals surface area (Å²) in [6.45, 7) is 5.94. The van der Waals surface area contributed by atoms with Crippen LogP contribution in [0.15, 0.2) is 65.0 Å². The molecule has 4 rings (SSSR count). The van der Waals surface area contributed by atoms with Gasteiger partial charge in [0.25, 0.3) is 0 Å². The Kier molecular flexibility index (Phi) is 7.65. The van der Waals surface area contributed by atoms with Crippen molar-refractivity contribution in [3.8, 4) is 10.6 Å². The van der Waals surface area contributed by atoms with Crippen LogP contribution in [0.5, 0.6) is 0 Å². The minimum Gasteiger partial charge on any atom is -0.379 e. The number of ether oxygens (including phenoxy) is 1. The average molecular weight is 436 g/mol. The summed E-state index contributed by atoms with van der Waals surface area (Å²) in [5.74, 6) is 0.774. The standard InChI is InChI=1S/C24H29N5OS/c1-25-24(27-16-22-18-31-23(28-22)19-7-3-2-4-8-19)26-15-20-9-5-6-10-21(20)17-29-11-13-30-14-12-29/h2-10,18H,11-17H2,1H3,(H2,25,26,27). The van der Waals surface area contributed by atoms with Crippen LogP contribution >= 0.6 is 11.3 Å². The number of hydrogen-bond donors (Lipinski definition) is 2. The van der Waals surface area contributed by atoms with E-state index >= 15 is 0 Å². The summed E-state index contributed by atoms with van der Waals surface area (Å²) < 4.78 is 5.47. The van der Waals surface area contributed by atoms with Gasteiger partial charge in [0.1, 0.15) is 5.01 Å². The summed E-state index contributed by atoms with van der Waals surface area (Å²) in [6, 6.07) is 18.9. The zero-order valence-corrected chi connectivity index (χ0v) is 18.7. The maximum absolute atomic E-state index is 5.47. The number of hydrogen-bond acceptors (Lipinski definition) is 5. The smallest absolute Gasteiger partial charge is 0.191 e. The summed E-state index contributed by atoms with van der Waals surface area (Å²) in [5, 5.41) is 9.96. The topological polar surface area (TPSA) is 61.8 Å². The van der Waals surface area contributed by atoms with E-state index in [9.17, 15) is 0 Å². The molecule has 7 heteroatoms. The molecule has 0 aliphatic carbocycles. The van der Waals surface area contributed by atoms with Crippen LogP contribution in [0.25, 0.3) is 10.6 Å². The predicted octanol–water partition coefficient (Wildman–Crippen LogP) is 3.51. The van der Waals surface area contributed by atoms with Crippen LogP contribution in [0.1, 0.15) is 16.8 Å². The zero-order valence-electron chi connectivity index (χ0n) is 17.9. The van der Waals surface area contributed by atoms with Crippen molar-refractivity contribution >= 4 is 17.3 Å². The van der Waals surface area contributed by atoms with Crippen molar-refractivity contribution in [1.82, 2.24) is 20.5 Å². The van der Waals surface area contributed by atoms with Crippen molar-refractivity contribution in [2.45, 2.75) is 19.6 Å². The first-order valence-electron chi connectivity index (χ1n) is 10.6. The number of aromatic nitrogens is 1. The maximum atomic E-state index is 5.47. The van der Waals surface area contributed by atoms with Gasteiger partial charge < -0.3 is 15.4 Å². The van der Waals surface area contributed by atoms with Gasteiger partial charge in [0.15, 0.2) is 5.96 Å². The van der Waals surface area contributed by atoms with Crippen LogP contribution in [-0.2, 0) is 24.4 Å². The fourth-order valence-electron chi connectivity index (χ4n) is 3.56. The monoisotopic (exact) mass is 435 g/mol. The molecule has 3 aromatic rings. The van der Waals surface area contributed by atoms with Crippen LogP contribution in [0.2, 0.25) is 0 Å². The molecule has 162 valence electrons. The molecule has 0 atom stereocenters. The minimum absolute atomic E-state index is 0.637. The van der Waals surface area contributed by atoms with E-state index in [0.717, 1.165) is 61.6 Å². The number of morpholine rings is 1. The lowest BCUT2D eigenvalue weighted by Crippen LogP contribution is -2.37. The Morgan fingerprint density at radius 2 is 1.71 bits per heavy atom. The van der Waals surface area contributed by atoms with Gasteiger partial charge in [-0.05, 0) is 11.1 Å². The summed E-state index contributed by atoms with van der Waals surface area (Å²) in [7, 11) is 1.80. The molecule has 0 bridgehead atoms. The lowest BCUT2D eigenvalue weighted by molar-refractivity contribution is 0.0341. The largest absolute Gasteiger partial charge is 0.379 e. The van der Waals surface area contributed by atoms with Gasteiger partial charge in [0, 0.05) is 44.2 Å². The summed E-state index contributed by atoms with van der Waals surface area (Å²) in [4.78, 5) is 11.6. The zero-order chi connectivity index (χ0) is 21.3. The molecular formula is C24H29N5OS. The van der Waals surface area contributed by atoms with Crippen molar-refractivity contribution in [2.75, 3.05) is 33.4 Å².